The van der Waals surface area contributed by atoms with Crippen molar-refractivity contribution in [2.75, 3.05) is 11.9 Å². The van der Waals surface area contributed by atoms with E-state index in [1.165, 1.54) is 37.7 Å². The van der Waals surface area contributed by atoms with Crippen molar-refractivity contribution in [2.24, 2.45) is 0 Å². The molecule has 1 fully saturated rings. The maximum absolute atomic E-state index is 12.4. The van der Waals surface area contributed by atoms with Crippen LogP contribution in [0.15, 0.2) is 71.3 Å². The second-order valence-corrected chi connectivity index (χ2v) is 8.17. The summed E-state index contributed by atoms with van der Waals surface area (Å²) < 4.78 is 11.4. The summed E-state index contributed by atoms with van der Waals surface area (Å²) in [6, 6.07) is 19.2. The molecule has 0 aliphatic heterocycles. The molecule has 0 spiro atoms. The molecule has 2 heterocycles. The number of aromatic nitrogens is 2. The van der Waals surface area contributed by atoms with E-state index in [4.69, 9.17) is 9.15 Å². The lowest BCUT2D eigenvalue weighted by molar-refractivity contribution is -0.118. The van der Waals surface area contributed by atoms with Crippen molar-refractivity contribution in [3.8, 4) is 17.2 Å². The standard InChI is InChI=1S/C26H25N3O3/c30-24(17-31-22-13-11-19(12-14-22)18-6-2-1-3-7-18)28-21-9-4-8-20(16-21)26-29-25-23(32-26)10-5-15-27-25/h4-5,8-16,18H,1-3,6-7,17H2,(H,28,30). The van der Waals surface area contributed by atoms with Crippen LogP contribution in [-0.2, 0) is 4.79 Å². The molecule has 1 aliphatic rings. The summed E-state index contributed by atoms with van der Waals surface area (Å²) in [5.74, 6) is 1.60. The molecule has 6 nitrogen and oxygen atoms in total. The summed E-state index contributed by atoms with van der Waals surface area (Å²) in [4.78, 5) is 21.0. The van der Waals surface area contributed by atoms with Gasteiger partial charge >= 0.3 is 0 Å². The van der Waals surface area contributed by atoms with Crippen molar-refractivity contribution < 1.29 is 13.9 Å². The molecule has 0 bridgehead atoms. The molecule has 6 heteroatoms. The number of benzene rings is 2. The first-order valence-corrected chi connectivity index (χ1v) is 11.1. The third-order valence-corrected chi connectivity index (χ3v) is 5.88. The third-order valence-electron chi connectivity index (χ3n) is 5.88. The molecule has 0 radical (unpaired) electrons. The minimum absolute atomic E-state index is 0.0557. The van der Waals surface area contributed by atoms with E-state index in [1.807, 2.05) is 42.5 Å². The molecule has 162 valence electrons. The quantitative estimate of drug-likeness (QED) is 0.411. The largest absolute Gasteiger partial charge is 0.484 e. The number of hydrogen-bond donors (Lipinski definition) is 1. The van der Waals surface area contributed by atoms with Gasteiger partial charge in [-0.15, -0.1) is 0 Å². The van der Waals surface area contributed by atoms with E-state index in [0.717, 1.165) is 5.56 Å². The van der Waals surface area contributed by atoms with Gasteiger partial charge in [-0.2, -0.15) is 4.98 Å². The van der Waals surface area contributed by atoms with Crippen LogP contribution in [0.2, 0.25) is 0 Å². The van der Waals surface area contributed by atoms with Crippen LogP contribution in [0.3, 0.4) is 0 Å². The molecular weight excluding hydrogens is 402 g/mol. The van der Waals surface area contributed by atoms with Crippen LogP contribution in [0, 0.1) is 0 Å². The number of fused-ring (bicyclic) bond motifs is 1. The van der Waals surface area contributed by atoms with Crippen LogP contribution in [0.25, 0.3) is 22.7 Å². The molecule has 1 amide bonds. The summed E-state index contributed by atoms with van der Waals surface area (Å²) in [6.45, 7) is -0.0557. The zero-order chi connectivity index (χ0) is 21.8. The second-order valence-electron chi connectivity index (χ2n) is 8.17. The Labute approximate surface area is 186 Å². The van der Waals surface area contributed by atoms with Crippen LogP contribution in [0.4, 0.5) is 5.69 Å². The number of carbonyl (C=O) groups excluding carboxylic acids is 1. The fraction of sp³-hybridized carbons (Fsp3) is 0.269. The fourth-order valence-electron chi connectivity index (χ4n) is 4.24. The fourth-order valence-corrected chi connectivity index (χ4v) is 4.24. The highest BCUT2D eigenvalue weighted by molar-refractivity contribution is 5.92. The number of ether oxygens (including phenoxy) is 1. The Bertz CT molecular complexity index is 1180. The Morgan fingerprint density at radius 1 is 1.03 bits per heavy atom. The molecule has 4 aromatic rings. The lowest BCUT2D eigenvalue weighted by atomic mass is 9.84. The van der Waals surface area contributed by atoms with E-state index < -0.39 is 0 Å². The minimum atomic E-state index is -0.224. The number of carbonyl (C=O) groups is 1. The highest BCUT2D eigenvalue weighted by Gasteiger charge is 2.15. The summed E-state index contributed by atoms with van der Waals surface area (Å²) in [6.07, 6.45) is 8.18. The molecule has 0 atom stereocenters. The number of nitrogens with zero attached hydrogens (tertiary/aromatic N) is 2. The van der Waals surface area contributed by atoms with Crippen LogP contribution in [-0.4, -0.2) is 22.5 Å². The first-order valence-electron chi connectivity index (χ1n) is 11.1. The highest BCUT2D eigenvalue weighted by Crippen LogP contribution is 2.33. The summed E-state index contributed by atoms with van der Waals surface area (Å²) in [7, 11) is 0. The molecule has 2 aromatic heterocycles. The van der Waals surface area contributed by atoms with Crippen LogP contribution < -0.4 is 10.1 Å². The zero-order valence-corrected chi connectivity index (χ0v) is 17.8. The van der Waals surface area contributed by atoms with Crippen LogP contribution >= 0.6 is 0 Å². The van der Waals surface area contributed by atoms with Gasteiger partial charge in [0.1, 0.15) is 5.75 Å². The Balaban J connectivity index is 1.18. The third kappa shape index (κ3) is 4.64. The number of rotatable bonds is 6. The molecular formula is C26H25N3O3. The SMILES string of the molecule is O=C(COc1ccc(C2CCCCC2)cc1)Nc1cccc(-c2nc3ncccc3o2)c1. The monoisotopic (exact) mass is 427 g/mol. The second kappa shape index (κ2) is 9.22. The Hall–Kier alpha value is -3.67. The van der Waals surface area contributed by atoms with Gasteiger partial charge in [0.15, 0.2) is 17.8 Å². The first-order chi connectivity index (χ1) is 15.7. The topological polar surface area (TPSA) is 77.2 Å². The lowest BCUT2D eigenvalue weighted by Gasteiger charge is -2.22. The van der Waals surface area contributed by atoms with Gasteiger partial charge in [-0.05, 0) is 66.8 Å². The number of pyridine rings is 1. The normalized spacial score (nSPS) is 14.4. The predicted octanol–water partition coefficient (Wildman–Crippen LogP) is 5.96. The van der Waals surface area contributed by atoms with Gasteiger partial charge < -0.3 is 14.5 Å². The van der Waals surface area contributed by atoms with Gasteiger partial charge in [0, 0.05) is 17.4 Å². The number of anilines is 1. The number of oxazole rings is 1. The van der Waals surface area contributed by atoms with Crippen molar-refractivity contribution in [1.29, 1.82) is 0 Å². The van der Waals surface area contributed by atoms with Crippen molar-refractivity contribution in [2.45, 2.75) is 38.0 Å². The van der Waals surface area contributed by atoms with E-state index in [-0.39, 0.29) is 12.5 Å². The summed E-state index contributed by atoms with van der Waals surface area (Å²) >= 11 is 0. The van der Waals surface area contributed by atoms with Crippen molar-refractivity contribution in [3.05, 3.63) is 72.4 Å². The van der Waals surface area contributed by atoms with E-state index in [9.17, 15) is 4.79 Å². The van der Waals surface area contributed by atoms with E-state index in [1.54, 1.807) is 12.3 Å². The predicted molar refractivity (Wildman–Crippen MR) is 124 cm³/mol. The maximum atomic E-state index is 12.4. The van der Waals surface area contributed by atoms with E-state index >= 15 is 0 Å². The minimum Gasteiger partial charge on any atom is -0.484 e. The molecule has 1 aliphatic carbocycles. The molecule has 1 N–H and O–H groups in total. The lowest BCUT2D eigenvalue weighted by Crippen LogP contribution is -2.20. The molecule has 1 saturated carbocycles. The van der Waals surface area contributed by atoms with Crippen LogP contribution in [0.1, 0.15) is 43.6 Å². The summed E-state index contributed by atoms with van der Waals surface area (Å²) in [5, 5.41) is 2.87. The average molecular weight is 428 g/mol. The Morgan fingerprint density at radius 3 is 2.69 bits per heavy atom. The van der Waals surface area contributed by atoms with Gasteiger partial charge in [0.2, 0.25) is 5.89 Å². The van der Waals surface area contributed by atoms with Gasteiger partial charge in [-0.1, -0.05) is 37.5 Å². The van der Waals surface area contributed by atoms with Crippen molar-refractivity contribution in [1.82, 2.24) is 9.97 Å². The Morgan fingerprint density at radius 2 is 1.88 bits per heavy atom. The molecule has 0 saturated heterocycles. The number of amides is 1. The number of hydrogen-bond acceptors (Lipinski definition) is 5. The van der Waals surface area contributed by atoms with Gasteiger partial charge in [0.05, 0.1) is 0 Å². The Kier molecular flexibility index (Phi) is 5.83. The van der Waals surface area contributed by atoms with Crippen molar-refractivity contribution in [3.63, 3.8) is 0 Å². The highest BCUT2D eigenvalue weighted by atomic mass is 16.5. The van der Waals surface area contributed by atoms with Gasteiger partial charge in [-0.3, -0.25) is 4.79 Å². The van der Waals surface area contributed by atoms with Crippen LogP contribution in [0.5, 0.6) is 5.75 Å². The molecule has 0 unspecified atom stereocenters. The first kappa shape index (κ1) is 20.2. The van der Waals surface area contributed by atoms with E-state index in [2.05, 4.69) is 27.4 Å². The molecule has 32 heavy (non-hydrogen) atoms. The maximum Gasteiger partial charge on any atom is 0.262 e. The molecule has 2 aromatic carbocycles. The zero-order valence-electron chi connectivity index (χ0n) is 17.8. The van der Waals surface area contributed by atoms with Gasteiger partial charge in [-0.25, -0.2) is 4.98 Å². The van der Waals surface area contributed by atoms with E-state index in [0.29, 0.717) is 34.5 Å². The van der Waals surface area contributed by atoms with Gasteiger partial charge in [0.25, 0.3) is 5.91 Å². The number of nitrogens with one attached hydrogen (secondary N) is 1. The summed E-state index contributed by atoms with van der Waals surface area (Å²) in [5.41, 5.74) is 3.96. The average Bonchev–Trinajstić information content (AvgIpc) is 3.28. The van der Waals surface area contributed by atoms with Crippen molar-refractivity contribution >= 4 is 22.8 Å². The molecule has 5 rings (SSSR count). The smallest absolute Gasteiger partial charge is 0.262 e.